The van der Waals surface area contributed by atoms with Gasteiger partial charge in [-0.05, 0) is 47.7 Å². The highest BCUT2D eigenvalue weighted by molar-refractivity contribution is 6.50. The Morgan fingerprint density at radius 2 is 1.57 bits per heavy atom. The lowest BCUT2D eigenvalue weighted by Gasteiger charge is -2.40. The summed E-state index contributed by atoms with van der Waals surface area (Å²) in [7, 11) is 0. The number of nitrogens with one attached hydrogen (secondary N) is 1. The molecular weight excluding hydrogens is 434 g/mol. The average molecular weight is 462 g/mol. The van der Waals surface area contributed by atoms with E-state index in [0.29, 0.717) is 11.7 Å². The number of para-hydroxylation sites is 3. The van der Waals surface area contributed by atoms with Gasteiger partial charge in [-0.15, -0.1) is 0 Å². The quantitative estimate of drug-likeness (QED) is 0.394. The summed E-state index contributed by atoms with van der Waals surface area (Å²) in [5.74, 6) is 0.849. The molecule has 174 valence electrons. The summed E-state index contributed by atoms with van der Waals surface area (Å²) in [5, 5.41) is 7.90. The zero-order chi connectivity index (χ0) is 24.3. The van der Waals surface area contributed by atoms with Crippen molar-refractivity contribution in [2.75, 3.05) is 10.2 Å². The molecule has 35 heavy (non-hydrogen) atoms. The van der Waals surface area contributed by atoms with Crippen LogP contribution in [0.5, 0.6) is 0 Å². The number of hydrogen-bond acceptors (Lipinski definition) is 4. The topological polar surface area (TPSA) is 62.5 Å². The zero-order valence-corrected chi connectivity index (χ0v) is 20.3. The van der Waals surface area contributed by atoms with Gasteiger partial charge in [0.2, 0.25) is 5.84 Å². The Labute approximate surface area is 204 Å². The maximum atomic E-state index is 13.3. The summed E-state index contributed by atoms with van der Waals surface area (Å²) >= 11 is 0. The Hall–Kier alpha value is -4.19. The molecule has 0 fully saturated rings. The van der Waals surface area contributed by atoms with Crippen LogP contribution in [-0.4, -0.2) is 21.5 Å². The number of amides is 1. The molecule has 2 aliphatic rings. The van der Waals surface area contributed by atoms with Crippen molar-refractivity contribution >= 4 is 28.9 Å². The molecule has 6 nitrogen and oxygen atoms in total. The molecule has 3 heterocycles. The summed E-state index contributed by atoms with van der Waals surface area (Å²) in [6.45, 7) is 8.66. The van der Waals surface area contributed by atoms with Gasteiger partial charge in [-0.25, -0.2) is 9.67 Å². The van der Waals surface area contributed by atoms with Crippen LogP contribution < -0.4 is 10.2 Å². The minimum atomic E-state index is -0.240. The Morgan fingerprint density at radius 3 is 2.29 bits per heavy atom. The number of carbonyl (C=O) groups is 1. The number of hydrogen-bond donors (Lipinski definition) is 1. The third kappa shape index (κ3) is 3.36. The summed E-state index contributed by atoms with van der Waals surface area (Å²) in [6.07, 6.45) is 0. The lowest BCUT2D eigenvalue weighted by atomic mass is 9.85. The second kappa shape index (κ2) is 7.67. The summed E-state index contributed by atoms with van der Waals surface area (Å²) < 4.78 is 1.85. The van der Waals surface area contributed by atoms with Crippen LogP contribution in [0.25, 0.3) is 5.69 Å². The van der Waals surface area contributed by atoms with E-state index < -0.39 is 0 Å². The zero-order valence-electron chi connectivity index (χ0n) is 20.3. The molecule has 0 aliphatic carbocycles. The largest absolute Gasteiger partial charge is 0.317 e. The molecule has 1 aromatic heterocycles. The SMILES string of the molecule is Cc1nn(-c2ccccc2)c2c1[C@@H](c1ccc(C(C)(C)C)cc1)N1C(=N2)C(=O)Nc2ccccc21. The highest BCUT2D eigenvalue weighted by atomic mass is 16.2. The number of carbonyl (C=O) groups excluding carboxylic acids is 1. The lowest BCUT2D eigenvalue weighted by molar-refractivity contribution is -0.110. The molecular formula is C29H27N5O. The van der Waals surface area contributed by atoms with Crippen molar-refractivity contribution in [1.29, 1.82) is 0 Å². The van der Waals surface area contributed by atoms with E-state index >= 15 is 0 Å². The van der Waals surface area contributed by atoms with Crippen LogP contribution in [0, 0.1) is 6.92 Å². The van der Waals surface area contributed by atoms with Crippen molar-refractivity contribution in [3.05, 3.63) is 101 Å². The number of rotatable bonds is 2. The smallest absolute Gasteiger partial charge is 0.291 e. The first-order chi connectivity index (χ1) is 16.8. The Bertz CT molecular complexity index is 1480. The Balaban J connectivity index is 1.62. The van der Waals surface area contributed by atoms with Crippen molar-refractivity contribution in [3.8, 4) is 5.69 Å². The van der Waals surface area contributed by atoms with E-state index in [9.17, 15) is 4.79 Å². The molecule has 1 amide bonds. The molecule has 0 saturated heterocycles. The van der Waals surface area contributed by atoms with E-state index in [1.54, 1.807) is 0 Å². The fraction of sp³-hybridized carbons (Fsp3) is 0.207. The number of anilines is 2. The molecule has 0 unspecified atom stereocenters. The number of aryl methyl sites for hydroxylation is 1. The van der Waals surface area contributed by atoms with E-state index in [1.165, 1.54) is 5.56 Å². The number of nitrogens with zero attached hydrogens (tertiary/aromatic N) is 4. The monoisotopic (exact) mass is 461 g/mol. The average Bonchev–Trinajstić information content (AvgIpc) is 3.19. The second-order valence-corrected chi connectivity index (χ2v) is 10.1. The van der Waals surface area contributed by atoms with Crippen molar-refractivity contribution in [2.45, 2.75) is 39.2 Å². The van der Waals surface area contributed by atoms with E-state index in [0.717, 1.165) is 33.9 Å². The third-order valence-electron chi connectivity index (χ3n) is 6.76. The van der Waals surface area contributed by atoms with Crippen LogP contribution in [-0.2, 0) is 10.2 Å². The van der Waals surface area contributed by atoms with Crippen LogP contribution in [0.4, 0.5) is 17.2 Å². The highest BCUT2D eigenvalue weighted by Crippen LogP contribution is 2.47. The maximum Gasteiger partial charge on any atom is 0.291 e. The third-order valence-corrected chi connectivity index (χ3v) is 6.76. The number of benzene rings is 3. The van der Waals surface area contributed by atoms with Gasteiger partial charge in [0.1, 0.15) is 0 Å². The van der Waals surface area contributed by atoms with Crippen LogP contribution >= 0.6 is 0 Å². The molecule has 1 atom stereocenters. The molecule has 4 aromatic rings. The van der Waals surface area contributed by atoms with Gasteiger partial charge < -0.3 is 10.2 Å². The van der Waals surface area contributed by atoms with Gasteiger partial charge in [-0.1, -0.05) is 75.4 Å². The molecule has 0 spiro atoms. The fourth-order valence-corrected chi connectivity index (χ4v) is 4.97. The van der Waals surface area contributed by atoms with Gasteiger partial charge >= 0.3 is 0 Å². The Kier molecular flexibility index (Phi) is 4.68. The van der Waals surface area contributed by atoms with Gasteiger partial charge in [0.25, 0.3) is 5.91 Å². The summed E-state index contributed by atoms with van der Waals surface area (Å²) in [6, 6.07) is 26.3. The molecule has 0 radical (unpaired) electrons. The van der Waals surface area contributed by atoms with Crippen molar-refractivity contribution in [1.82, 2.24) is 9.78 Å². The van der Waals surface area contributed by atoms with Crippen LogP contribution in [0.3, 0.4) is 0 Å². The first-order valence-electron chi connectivity index (χ1n) is 11.9. The summed E-state index contributed by atoms with van der Waals surface area (Å²) in [4.78, 5) is 20.3. The van der Waals surface area contributed by atoms with Crippen LogP contribution in [0.2, 0.25) is 0 Å². The first-order valence-corrected chi connectivity index (χ1v) is 11.9. The van der Waals surface area contributed by atoms with Crippen LogP contribution in [0.1, 0.15) is 49.2 Å². The minimum Gasteiger partial charge on any atom is -0.317 e. The second-order valence-electron chi connectivity index (χ2n) is 10.1. The van der Waals surface area contributed by atoms with E-state index in [1.807, 2.05) is 66.2 Å². The van der Waals surface area contributed by atoms with Crippen LogP contribution in [0.15, 0.2) is 83.9 Å². The fourth-order valence-electron chi connectivity index (χ4n) is 4.97. The van der Waals surface area contributed by atoms with Crippen molar-refractivity contribution < 1.29 is 4.79 Å². The van der Waals surface area contributed by atoms with Crippen molar-refractivity contribution in [2.24, 2.45) is 4.99 Å². The maximum absolute atomic E-state index is 13.3. The van der Waals surface area contributed by atoms with Crippen molar-refractivity contribution in [3.63, 3.8) is 0 Å². The minimum absolute atomic E-state index is 0.0502. The van der Waals surface area contributed by atoms with Gasteiger partial charge in [-0.2, -0.15) is 5.10 Å². The predicted molar refractivity (Wildman–Crippen MR) is 140 cm³/mol. The summed E-state index contributed by atoms with van der Waals surface area (Å²) in [5.41, 5.74) is 6.91. The Morgan fingerprint density at radius 1 is 0.886 bits per heavy atom. The molecule has 6 rings (SSSR count). The van der Waals surface area contributed by atoms with E-state index in [2.05, 4.69) is 55.3 Å². The first kappa shape index (κ1) is 21.4. The molecule has 0 saturated carbocycles. The van der Waals surface area contributed by atoms with Gasteiger partial charge in [0.15, 0.2) is 5.82 Å². The lowest BCUT2D eigenvalue weighted by Crippen LogP contribution is -2.48. The molecule has 1 N–H and O–H groups in total. The normalized spacial score (nSPS) is 16.7. The van der Waals surface area contributed by atoms with E-state index in [4.69, 9.17) is 10.1 Å². The standard InChI is InChI=1S/C29H27N5O/c1-18-24-25(19-14-16-20(17-15-19)29(2,3)4)33-23-13-9-8-12-22(23)30-28(35)27(33)31-26(24)34(32-18)21-10-6-5-7-11-21/h5-17,25H,1-4H3,(H,30,35)/t25-/m1/s1. The number of amidine groups is 1. The molecule has 0 bridgehead atoms. The van der Waals surface area contributed by atoms with Gasteiger partial charge in [-0.3, -0.25) is 4.79 Å². The molecule has 2 aliphatic heterocycles. The predicted octanol–water partition coefficient (Wildman–Crippen LogP) is 6.07. The van der Waals surface area contributed by atoms with E-state index in [-0.39, 0.29) is 17.4 Å². The number of aromatic nitrogens is 2. The number of aliphatic imine (C=N–C) groups is 1. The molecule has 6 heteroatoms. The van der Waals surface area contributed by atoms with Gasteiger partial charge in [0, 0.05) is 5.56 Å². The highest BCUT2D eigenvalue weighted by Gasteiger charge is 2.42. The number of fused-ring (bicyclic) bond motifs is 4. The van der Waals surface area contributed by atoms with Gasteiger partial charge in [0.05, 0.1) is 28.8 Å². The molecule has 3 aromatic carbocycles.